The summed E-state index contributed by atoms with van der Waals surface area (Å²) in [6.07, 6.45) is 0. The number of ether oxygens (including phenoxy) is 1. The van der Waals surface area contributed by atoms with Crippen LogP contribution >= 0.6 is 0 Å². The first kappa shape index (κ1) is 15.9. The highest BCUT2D eigenvalue weighted by Gasteiger charge is 2.13. The molecule has 1 saturated heterocycles. The molecule has 1 aliphatic heterocycles. The quantitative estimate of drug-likeness (QED) is 0.760. The number of likely N-dealkylation sites (N-methyl/N-ethyl adjacent to an activating group) is 1. The molecule has 1 aliphatic rings. The van der Waals surface area contributed by atoms with Crippen molar-refractivity contribution in [3.05, 3.63) is 30.3 Å². The molecule has 0 aromatic heterocycles. The molecule has 1 heterocycles. The minimum absolute atomic E-state index is 0.116. The summed E-state index contributed by atoms with van der Waals surface area (Å²) in [5.74, 6) is 0.116. The fourth-order valence-corrected chi connectivity index (χ4v) is 2.46. The number of nitrogens with zero attached hydrogens (tertiary/aromatic N) is 2. The maximum absolute atomic E-state index is 12.3. The summed E-state index contributed by atoms with van der Waals surface area (Å²) in [6.45, 7) is 8.47. The Morgan fingerprint density at radius 2 is 2.00 bits per heavy atom. The van der Waals surface area contributed by atoms with E-state index < -0.39 is 0 Å². The molecule has 5 nitrogen and oxygen atoms in total. The third kappa shape index (κ3) is 5.12. The summed E-state index contributed by atoms with van der Waals surface area (Å²) in [5.41, 5.74) is 0.958. The van der Waals surface area contributed by atoms with Crippen LogP contribution in [-0.4, -0.2) is 63.3 Å². The van der Waals surface area contributed by atoms with Crippen LogP contribution < -0.4 is 10.2 Å². The fraction of sp³-hybridized carbons (Fsp3) is 0.562. The van der Waals surface area contributed by atoms with Gasteiger partial charge in [-0.15, -0.1) is 0 Å². The van der Waals surface area contributed by atoms with Crippen LogP contribution in [0.5, 0.6) is 0 Å². The molecule has 0 bridgehead atoms. The molecule has 1 aromatic rings. The van der Waals surface area contributed by atoms with Crippen LogP contribution in [0, 0.1) is 0 Å². The van der Waals surface area contributed by atoms with Crippen LogP contribution in [-0.2, 0) is 9.53 Å². The highest BCUT2D eigenvalue weighted by atomic mass is 16.5. The number of benzene rings is 1. The van der Waals surface area contributed by atoms with Gasteiger partial charge in [0.2, 0.25) is 5.91 Å². The molecule has 0 atom stereocenters. The molecule has 1 N–H and O–H groups in total. The highest BCUT2D eigenvalue weighted by molar-refractivity contribution is 5.94. The standard InChI is InChI=1S/C16H25N3O2/c1-2-19(15-6-4-3-5-7-15)16(20)14-17-8-9-18-10-12-21-13-11-18/h3-7,17H,2,8-14H2,1H3. The molecule has 1 amide bonds. The van der Waals surface area contributed by atoms with E-state index in [1.165, 1.54) is 0 Å². The number of morpholine rings is 1. The van der Waals surface area contributed by atoms with Crippen molar-refractivity contribution in [1.29, 1.82) is 0 Å². The molecular weight excluding hydrogens is 266 g/mol. The summed E-state index contributed by atoms with van der Waals surface area (Å²) in [5, 5.41) is 3.24. The van der Waals surface area contributed by atoms with Gasteiger partial charge in [-0.1, -0.05) is 18.2 Å². The smallest absolute Gasteiger partial charge is 0.240 e. The second kappa shape index (κ2) is 8.77. The van der Waals surface area contributed by atoms with E-state index in [1.807, 2.05) is 42.2 Å². The van der Waals surface area contributed by atoms with Gasteiger partial charge in [-0.2, -0.15) is 0 Å². The lowest BCUT2D eigenvalue weighted by molar-refractivity contribution is -0.117. The van der Waals surface area contributed by atoms with Gasteiger partial charge in [-0.3, -0.25) is 9.69 Å². The van der Waals surface area contributed by atoms with Gasteiger partial charge in [-0.25, -0.2) is 0 Å². The van der Waals surface area contributed by atoms with Gasteiger partial charge >= 0.3 is 0 Å². The Bertz CT molecular complexity index is 419. The Labute approximate surface area is 126 Å². The van der Waals surface area contributed by atoms with Crippen LogP contribution in [0.3, 0.4) is 0 Å². The summed E-state index contributed by atoms with van der Waals surface area (Å²) in [4.78, 5) is 16.4. The number of hydrogen-bond acceptors (Lipinski definition) is 4. The number of para-hydroxylation sites is 1. The first-order chi connectivity index (χ1) is 10.3. The molecule has 116 valence electrons. The van der Waals surface area contributed by atoms with E-state index in [0.29, 0.717) is 13.1 Å². The maximum Gasteiger partial charge on any atom is 0.240 e. The van der Waals surface area contributed by atoms with Gasteiger partial charge in [0.15, 0.2) is 0 Å². The molecule has 2 rings (SSSR count). The van der Waals surface area contributed by atoms with Crippen molar-refractivity contribution in [2.24, 2.45) is 0 Å². The monoisotopic (exact) mass is 291 g/mol. The number of amides is 1. The molecule has 0 spiro atoms. The normalized spacial score (nSPS) is 15.9. The predicted molar refractivity (Wildman–Crippen MR) is 84.6 cm³/mol. The van der Waals surface area contributed by atoms with Crippen LogP contribution in [0.15, 0.2) is 30.3 Å². The summed E-state index contributed by atoms with van der Waals surface area (Å²) >= 11 is 0. The van der Waals surface area contributed by atoms with Crippen molar-refractivity contribution in [1.82, 2.24) is 10.2 Å². The lowest BCUT2D eigenvalue weighted by Crippen LogP contribution is -2.43. The Morgan fingerprint density at radius 3 is 2.67 bits per heavy atom. The molecule has 0 saturated carbocycles. The SMILES string of the molecule is CCN(C(=O)CNCCN1CCOCC1)c1ccccc1. The molecule has 1 fully saturated rings. The van der Waals surface area contributed by atoms with Crippen LogP contribution in [0.4, 0.5) is 5.69 Å². The molecule has 0 aliphatic carbocycles. The van der Waals surface area contributed by atoms with Crippen molar-refractivity contribution in [2.75, 3.05) is 57.4 Å². The molecular formula is C16H25N3O2. The number of anilines is 1. The Kier molecular flexibility index (Phi) is 6.66. The zero-order valence-corrected chi connectivity index (χ0v) is 12.8. The van der Waals surface area contributed by atoms with Gasteiger partial charge in [-0.05, 0) is 19.1 Å². The minimum atomic E-state index is 0.116. The predicted octanol–water partition coefficient (Wildman–Crippen LogP) is 0.961. The van der Waals surface area contributed by atoms with Crippen molar-refractivity contribution >= 4 is 11.6 Å². The first-order valence-electron chi connectivity index (χ1n) is 7.67. The van der Waals surface area contributed by atoms with Crippen molar-refractivity contribution in [2.45, 2.75) is 6.92 Å². The third-order valence-electron chi connectivity index (χ3n) is 3.67. The van der Waals surface area contributed by atoms with Gasteiger partial charge in [0, 0.05) is 38.4 Å². The lowest BCUT2D eigenvalue weighted by Gasteiger charge is -2.26. The number of hydrogen-bond donors (Lipinski definition) is 1. The van der Waals surface area contributed by atoms with E-state index in [1.54, 1.807) is 0 Å². The van der Waals surface area contributed by atoms with Crippen molar-refractivity contribution < 1.29 is 9.53 Å². The molecule has 1 aromatic carbocycles. The maximum atomic E-state index is 12.3. The van der Waals surface area contributed by atoms with E-state index in [4.69, 9.17) is 4.74 Å². The van der Waals surface area contributed by atoms with Gasteiger partial charge in [0.25, 0.3) is 0 Å². The largest absolute Gasteiger partial charge is 0.379 e. The Balaban J connectivity index is 1.70. The fourth-order valence-electron chi connectivity index (χ4n) is 2.46. The van der Waals surface area contributed by atoms with Crippen LogP contribution in [0.2, 0.25) is 0 Å². The minimum Gasteiger partial charge on any atom is -0.379 e. The number of nitrogens with one attached hydrogen (secondary N) is 1. The average molecular weight is 291 g/mol. The highest BCUT2D eigenvalue weighted by Crippen LogP contribution is 2.12. The lowest BCUT2D eigenvalue weighted by atomic mass is 10.3. The third-order valence-corrected chi connectivity index (χ3v) is 3.67. The van der Waals surface area contributed by atoms with Gasteiger partial charge < -0.3 is 15.0 Å². The summed E-state index contributed by atoms with van der Waals surface area (Å²) < 4.78 is 5.32. The summed E-state index contributed by atoms with van der Waals surface area (Å²) in [6, 6.07) is 9.81. The average Bonchev–Trinajstić information content (AvgIpc) is 2.54. The van der Waals surface area contributed by atoms with Crippen LogP contribution in [0.25, 0.3) is 0 Å². The van der Waals surface area contributed by atoms with Gasteiger partial charge in [0.05, 0.1) is 19.8 Å². The second-order valence-corrected chi connectivity index (χ2v) is 5.10. The first-order valence-corrected chi connectivity index (χ1v) is 7.67. The zero-order valence-electron chi connectivity index (χ0n) is 12.8. The molecule has 5 heteroatoms. The molecule has 21 heavy (non-hydrogen) atoms. The Morgan fingerprint density at radius 1 is 1.29 bits per heavy atom. The molecule has 0 radical (unpaired) electrons. The van der Waals surface area contributed by atoms with Gasteiger partial charge in [0.1, 0.15) is 0 Å². The van der Waals surface area contributed by atoms with Crippen LogP contribution in [0.1, 0.15) is 6.92 Å². The number of carbonyl (C=O) groups is 1. The molecule has 0 unspecified atom stereocenters. The van der Waals surface area contributed by atoms with E-state index >= 15 is 0 Å². The van der Waals surface area contributed by atoms with E-state index in [2.05, 4.69) is 10.2 Å². The van der Waals surface area contributed by atoms with Crippen molar-refractivity contribution in [3.8, 4) is 0 Å². The van der Waals surface area contributed by atoms with Crippen molar-refractivity contribution in [3.63, 3.8) is 0 Å². The topological polar surface area (TPSA) is 44.8 Å². The van der Waals surface area contributed by atoms with E-state index in [0.717, 1.165) is 45.1 Å². The van der Waals surface area contributed by atoms with E-state index in [-0.39, 0.29) is 5.91 Å². The van der Waals surface area contributed by atoms with E-state index in [9.17, 15) is 4.79 Å². The second-order valence-electron chi connectivity index (χ2n) is 5.10. The zero-order chi connectivity index (χ0) is 14.9. The number of rotatable bonds is 7. The Hall–Kier alpha value is -1.43. The number of carbonyl (C=O) groups excluding carboxylic acids is 1. The summed E-state index contributed by atoms with van der Waals surface area (Å²) in [7, 11) is 0.